The second-order valence-electron chi connectivity index (χ2n) is 23.3. The molecule has 0 unspecified atom stereocenters. The lowest BCUT2D eigenvalue weighted by Crippen LogP contribution is -2.18. The number of pyridine rings is 2. The molecule has 4 aromatic carbocycles. The van der Waals surface area contributed by atoms with Crippen molar-refractivity contribution in [2.45, 2.75) is 144 Å². The van der Waals surface area contributed by atoms with E-state index >= 15 is 0 Å². The van der Waals surface area contributed by atoms with Gasteiger partial charge in [-0.05, 0) is 113 Å². The van der Waals surface area contributed by atoms with Gasteiger partial charge in [0.2, 0.25) is 0 Å². The molecule has 0 N–H and O–H groups in total. The summed E-state index contributed by atoms with van der Waals surface area (Å²) in [6.07, 6.45) is 5.95. The van der Waals surface area contributed by atoms with Crippen LogP contribution in [0.25, 0.3) is 0 Å². The normalized spacial score (nSPS) is 15.1. The minimum atomic E-state index is -0.171. The van der Waals surface area contributed by atoms with Gasteiger partial charge in [-0.15, -0.1) is 0 Å². The molecular formula is C62H76N2O6. The lowest BCUT2D eigenvalue weighted by atomic mass is 9.79. The lowest BCUT2D eigenvalue weighted by molar-refractivity contribution is 0.0270. The summed E-state index contributed by atoms with van der Waals surface area (Å²) in [7, 11) is 0. The van der Waals surface area contributed by atoms with Gasteiger partial charge in [-0.1, -0.05) is 144 Å². The van der Waals surface area contributed by atoms with Crippen LogP contribution < -0.4 is 18.9 Å². The first-order valence-corrected chi connectivity index (χ1v) is 25.3. The molecule has 8 heteroatoms. The van der Waals surface area contributed by atoms with E-state index in [9.17, 15) is 0 Å². The monoisotopic (exact) mass is 945 g/mol. The Morgan fingerprint density at radius 3 is 0.943 bits per heavy atom. The number of rotatable bonds is 6. The van der Waals surface area contributed by atoms with Gasteiger partial charge in [0.1, 0.15) is 49.4 Å². The molecule has 0 atom stereocenters. The Kier molecular flexibility index (Phi) is 15.2. The fourth-order valence-electron chi connectivity index (χ4n) is 9.35. The van der Waals surface area contributed by atoms with Crippen LogP contribution in [-0.4, -0.2) is 49.6 Å². The number of hydrogen-bond acceptors (Lipinski definition) is 8. The topological polar surface area (TPSA) is 81.2 Å². The van der Waals surface area contributed by atoms with Crippen molar-refractivity contribution in [3.8, 4) is 23.0 Å². The highest BCUT2D eigenvalue weighted by atomic mass is 16.6. The summed E-state index contributed by atoms with van der Waals surface area (Å²) in [5.41, 5.74) is 14.8. The van der Waals surface area contributed by atoms with Crippen LogP contribution >= 0.6 is 0 Å². The van der Waals surface area contributed by atoms with E-state index in [0.29, 0.717) is 78.5 Å². The van der Waals surface area contributed by atoms with Crippen LogP contribution in [0.5, 0.6) is 23.0 Å². The fraction of sp³-hybridized carbons (Fsp3) is 0.452. The molecule has 2 aliphatic rings. The average Bonchev–Trinajstić information content (AvgIpc) is 3.29. The molecule has 1 aliphatic carbocycles. The Labute approximate surface area is 418 Å². The fourth-order valence-corrected chi connectivity index (χ4v) is 9.35. The Morgan fingerprint density at radius 2 is 0.671 bits per heavy atom. The summed E-state index contributed by atoms with van der Waals surface area (Å²) in [6.45, 7) is 30.7. The van der Waals surface area contributed by atoms with Gasteiger partial charge in [-0.3, -0.25) is 9.97 Å². The van der Waals surface area contributed by atoms with Gasteiger partial charge in [-0.2, -0.15) is 0 Å². The summed E-state index contributed by atoms with van der Waals surface area (Å²) in [5, 5.41) is 0. The summed E-state index contributed by atoms with van der Waals surface area (Å²) >= 11 is 0. The van der Waals surface area contributed by atoms with Crippen molar-refractivity contribution >= 4 is 0 Å². The molecule has 0 amide bonds. The molecule has 0 radical (unpaired) electrons. The van der Waals surface area contributed by atoms with Gasteiger partial charge in [0.15, 0.2) is 0 Å². The molecule has 3 heterocycles. The third-order valence-electron chi connectivity index (χ3n) is 13.5. The van der Waals surface area contributed by atoms with E-state index in [4.69, 9.17) is 38.4 Å². The van der Waals surface area contributed by atoms with Crippen molar-refractivity contribution in [2.24, 2.45) is 0 Å². The Morgan fingerprint density at radius 1 is 0.386 bits per heavy atom. The van der Waals surface area contributed by atoms with E-state index in [1.54, 1.807) is 0 Å². The van der Waals surface area contributed by atoms with E-state index in [2.05, 4.69) is 132 Å². The number of hydrogen-bond donors (Lipinski definition) is 0. The van der Waals surface area contributed by atoms with E-state index in [-0.39, 0.29) is 21.7 Å². The molecule has 0 saturated carbocycles. The summed E-state index contributed by atoms with van der Waals surface area (Å²) in [4.78, 5) is 9.40. The molecule has 2 aromatic heterocycles. The maximum Gasteiger partial charge on any atom is 0.130 e. The molecule has 6 aromatic rings. The van der Waals surface area contributed by atoms with Crippen LogP contribution in [-0.2, 0) is 70.0 Å². The van der Waals surface area contributed by atoms with Gasteiger partial charge in [0.05, 0.1) is 37.8 Å². The van der Waals surface area contributed by atoms with E-state index in [1.165, 1.54) is 22.3 Å². The molecule has 0 fully saturated rings. The molecule has 70 heavy (non-hydrogen) atoms. The number of ether oxygens (including phenoxy) is 6. The van der Waals surface area contributed by atoms with Crippen LogP contribution in [0.4, 0.5) is 0 Å². The maximum absolute atomic E-state index is 7.14. The number of nitrogens with zero attached hydrogens (tertiary/aromatic N) is 2. The first kappa shape index (κ1) is 50.7. The van der Waals surface area contributed by atoms with Crippen molar-refractivity contribution in [1.82, 2.24) is 9.97 Å². The SMILES string of the molecule is CC(C)(C)c1cc2c3c(c1)Cc1cc(C(C)(C)C)cc(c1OCc1ccccn1)Cc1cc(C(C)(C)C)cc(c1OCCOCCOCCO3)Cc1cc(C(C)(C)C)cc(c1OCc1ccccn1)C2. The molecule has 0 spiro atoms. The smallest absolute Gasteiger partial charge is 0.130 e. The summed E-state index contributed by atoms with van der Waals surface area (Å²) < 4.78 is 40.8. The predicted molar refractivity (Wildman–Crippen MR) is 282 cm³/mol. The first-order chi connectivity index (χ1) is 33.2. The minimum Gasteiger partial charge on any atom is -0.491 e. The zero-order valence-corrected chi connectivity index (χ0v) is 44.1. The van der Waals surface area contributed by atoms with E-state index < -0.39 is 0 Å². The third-order valence-corrected chi connectivity index (χ3v) is 13.5. The van der Waals surface area contributed by atoms with Crippen LogP contribution in [0.15, 0.2) is 97.3 Å². The predicted octanol–water partition coefficient (Wildman–Crippen LogP) is 13.3. The van der Waals surface area contributed by atoms with Crippen molar-refractivity contribution < 1.29 is 28.4 Å². The quantitative estimate of drug-likeness (QED) is 0.163. The zero-order chi connectivity index (χ0) is 49.8. The molecule has 1 aliphatic heterocycles. The average molecular weight is 945 g/mol. The van der Waals surface area contributed by atoms with Crippen LogP contribution in [0.3, 0.4) is 0 Å². The van der Waals surface area contributed by atoms with Gasteiger partial charge >= 0.3 is 0 Å². The van der Waals surface area contributed by atoms with Crippen molar-refractivity contribution in [3.05, 3.63) is 175 Å². The standard InChI is InChI=1S/C62H76N2O6/c1-59(2,3)49-31-41-27-45-35-51(61(7,8)9)37-47(57(45)69-39-53-17-13-15-19-63-53)29-43-33-50(60(4,5)6)34-44-30-48-38-52(62(10,11)12)36-46(58(48)70-40-54-18-14-16-20-64-54)28-42(32-49)55(41)67-25-23-65-21-22-66-24-26-68-56(43)44/h13-20,31-38H,21-30,39-40H2,1-12H3. The van der Waals surface area contributed by atoms with E-state index in [0.717, 1.165) is 78.9 Å². The number of fused-ring (bicyclic) bond motifs is 2. The summed E-state index contributed by atoms with van der Waals surface area (Å²) in [6, 6.07) is 30.9. The minimum absolute atomic E-state index is 0.164. The molecule has 0 saturated heterocycles. The second kappa shape index (κ2) is 20.9. The first-order valence-electron chi connectivity index (χ1n) is 25.3. The largest absolute Gasteiger partial charge is 0.491 e. The second-order valence-corrected chi connectivity index (χ2v) is 23.3. The highest BCUT2D eigenvalue weighted by Crippen LogP contribution is 2.45. The molecule has 10 bridgehead atoms. The number of benzene rings is 4. The maximum atomic E-state index is 7.14. The zero-order valence-electron chi connectivity index (χ0n) is 44.1. The van der Waals surface area contributed by atoms with Crippen molar-refractivity contribution in [2.75, 3.05) is 39.6 Å². The molecular weight excluding hydrogens is 869 g/mol. The van der Waals surface area contributed by atoms with E-state index in [1.807, 2.05) is 48.8 Å². The van der Waals surface area contributed by atoms with Crippen LogP contribution in [0.2, 0.25) is 0 Å². The van der Waals surface area contributed by atoms with Crippen LogP contribution in [0, 0.1) is 0 Å². The van der Waals surface area contributed by atoms with Crippen LogP contribution in [0.1, 0.15) is 161 Å². The third kappa shape index (κ3) is 12.4. The highest BCUT2D eigenvalue weighted by Gasteiger charge is 2.30. The Bertz CT molecular complexity index is 2470. The van der Waals surface area contributed by atoms with Crippen molar-refractivity contribution in [3.63, 3.8) is 0 Å². The lowest BCUT2D eigenvalue weighted by Gasteiger charge is -2.29. The number of aromatic nitrogens is 2. The van der Waals surface area contributed by atoms with Gasteiger partial charge < -0.3 is 28.4 Å². The molecule has 370 valence electrons. The Balaban J connectivity index is 1.49. The molecule has 8 nitrogen and oxygen atoms in total. The highest BCUT2D eigenvalue weighted by molar-refractivity contribution is 5.60. The van der Waals surface area contributed by atoms with Gasteiger partial charge in [0, 0.05) is 38.1 Å². The van der Waals surface area contributed by atoms with Gasteiger partial charge in [0.25, 0.3) is 0 Å². The van der Waals surface area contributed by atoms with Gasteiger partial charge in [-0.25, -0.2) is 0 Å². The molecule has 8 rings (SSSR count). The summed E-state index contributed by atoms with van der Waals surface area (Å²) in [5.74, 6) is 3.46. The van der Waals surface area contributed by atoms with Crippen molar-refractivity contribution in [1.29, 1.82) is 0 Å². The Hall–Kier alpha value is -5.70.